The van der Waals surface area contributed by atoms with Crippen molar-refractivity contribution in [2.24, 2.45) is 0 Å². The topological polar surface area (TPSA) is 37.3 Å². The summed E-state index contributed by atoms with van der Waals surface area (Å²) in [6.45, 7) is 1.84. The van der Waals surface area contributed by atoms with E-state index in [9.17, 15) is 4.79 Å². The lowest BCUT2D eigenvalue weighted by molar-refractivity contribution is 0.0699. The Bertz CT molecular complexity index is 471. The van der Waals surface area contributed by atoms with E-state index in [4.69, 9.17) is 5.11 Å². The van der Waals surface area contributed by atoms with Crippen molar-refractivity contribution in [3.05, 3.63) is 34.7 Å². The smallest absolute Gasteiger partial charge is 0.337 e. The van der Waals surface area contributed by atoms with Crippen LogP contribution in [0.25, 0.3) is 10.1 Å². The number of thiophene rings is 1. The van der Waals surface area contributed by atoms with Gasteiger partial charge in [-0.2, -0.15) is 0 Å². The lowest BCUT2D eigenvalue weighted by Crippen LogP contribution is -1.95. The molecule has 2 nitrogen and oxygen atoms in total. The Kier molecular flexibility index (Phi) is 1.81. The van der Waals surface area contributed by atoms with Crippen LogP contribution in [0.2, 0.25) is 0 Å². The number of aromatic carboxylic acids is 1. The molecule has 1 N–H and O–H groups in total. The van der Waals surface area contributed by atoms with E-state index in [1.165, 1.54) is 11.3 Å². The highest BCUT2D eigenvalue weighted by molar-refractivity contribution is 7.19. The molecule has 0 fully saturated rings. The molecule has 0 unspecified atom stereocenters. The van der Waals surface area contributed by atoms with Gasteiger partial charge in [-0.3, -0.25) is 0 Å². The van der Waals surface area contributed by atoms with E-state index >= 15 is 0 Å². The summed E-state index contributed by atoms with van der Waals surface area (Å²) in [5, 5.41) is 9.80. The fraction of sp³-hybridized carbons (Fsp3) is 0.100. The van der Waals surface area contributed by atoms with E-state index in [2.05, 4.69) is 0 Å². The van der Waals surface area contributed by atoms with Crippen molar-refractivity contribution in [2.75, 3.05) is 0 Å². The Labute approximate surface area is 79.4 Å². The monoisotopic (exact) mass is 192 g/mol. The van der Waals surface area contributed by atoms with Crippen LogP contribution in [0.3, 0.4) is 0 Å². The predicted molar refractivity (Wildman–Crippen MR) is 53.5 cm³/mol. The van der Waals surface area contributed by atoms with Gasteiger partial charge in [0.15, 0.2) is 0 Å². The summed E-state index contributed by atoms with van der Waals surface area (Å²) in [4.78, 5) is 11.8. The van der Waals surface area contributed by atoms with Crippen molar-refractivity contribution in [2.45, 2.75) is 6.92 Å². The molecule has 0 saturated carbocycles. The Morgan fingerprint density at radius 3 is 2.77 bits per heavy atom. The third kappa shape index (κ3) is 1.21. The number of rotatable bonds is 1. The van der Waals surface area contributed by atoms with Crippen LogP contribution in [-0.2, 0) is 0 Å². The predicted octanol–water partition coefficient (Wildman–Crippen LogP) is 2.91. The highest BCUT2D eigenvalue weighted by atomic mass is 32.1. The first kappa shape index (κ1) is 8.26. The molecule has 0 amide bonds. The van der Waals surface area contributed by atoms with Crippen LogP contribution in [0.4, 0.5) is 0 Å². The molecule has 0 aliphatic rings. The Morgan fingerprint density at radius 2 is 2.08 bits per heavy atom. The van der Waals surface area contributed by atoms with Crippen LogP contribution in [0.15, 0.2) is 24.3 Å². The molecule has 0 aliphatic carbocycles. The number of benzene rings is 1. The summed E-state index contributed by atoms with van der Waals surface area (Å²) in [5.74, 6) is -0.838. The average Bonchev–Trinajstić information content (AvgIpc) is 2.39. The second-order valence-corrected chi connectivity index (χ2v) is 4.09. The van der Waals surface area contributed by atoms with Crippen molar-refractivity contribution in [1.29, 1.82) is 0 Å². The van der Waals surface area contributed by atoms with Gasteiger partial charge in [-0.05, 0) is 13.0 Å². The van der Waals surface area contributed by atoms with Gasteiger partial charge in [0.1, 0.15) is 0 Å². The number of carbonyl (C=O) groups is 1. The number of carboxylic acid groups (broad SMARTS) is 1. The van der Waals surface area contributed by atoms with Crippen molar-refractivity contribution in [3.8, 4) is 0 Å². The van der Waals surface area contributed by atoms with Crippen LogP contribution in [0, 0.1) is 6.92 Å². The summed E-state index contributed by atoms with van der Waals surface area (Å²) in [7, 11) is 0. The maximum atomic E-state index is 10.9. The van der Waals surface area contributed by atoms with Crippen molar-refractivity contribution in [3.63, 3.8) is 0 Å². The number of hydrogen-bond acceptors (Lipinski definition) is 2. The maximum absolute atomic E-state index is 10.9. The molecular formula is C10H8O2S. The van der Waals surface area contributed by atoms with Crippen LogP contribution in [0.5, 0.6) is 0 Å². The highest BCUT2D eigenvalue weighted by Crippen LogP contribution is 2.30. The first-order chi connectivity index (χ1) is 6.20. The number of fused-ring (bicyclic) bond motifs is 1. The van der Waals surface area contributed by atoms with Gasteiger partial charge in [-0.25, -0.2) is 4.79 Å². The summed E-state index contributed by atoms with van der Waals surface area (Å²) in [6.07, 6.45) is 0. The zero-order valence-electron chi connectivity index (χ0n) is 7.07. The van der Waals surface area contributed by atoms with Gasteiger partial charge < -0.3 is 5.11 Å². The Hall–Kier alpha value is -1.35. The number of hydrogen-bond donors (Lipinski definition) is 1. The van der Waals surface area contributed by atoms with Gasteiger partial charge in [0.2, 0.25) is 0 Å². The molecule has 2 rings (SSSR count). The summed E-state index contributed by atoms with van der Waals surface area (Å²) < 4.78 is 1.04. The van der Waals surface area contributed by atoms with E-state index < -0.39 is 5.97 Å². The van der Waals surface area contributed by atoms with Crippen molar-refractivity contribution in [1.82, 2.24) is 0 Å². The molecule has 1 heterocycles. The molecule has 1 aromatic carbocycles. The van der Waals surface area contributed by atoms with E-state index in [1.807, 2.05) is 31.2 Å². The zero-order valence-corrected chi connectivity index (χ0v) is 7.89. The number of aryl methyl sites for hydroxylation is 1. The van der Waals surface area contributed by atoms with E-state index in [0.29, 0.717) is 5.56 Å². The zero-order chi connectivity index (χ0) is 9.42. The van der Waals surface area contributed by atoms with Crippen molar-refractivity contribution >= 4 is 27.4 Å². The SMILES string of the molecule is Cc1sc2ccccc2c1C(=O)O. The molecule has 0 atom stereocenters. The fourth-order valence-electron chi connectivity index (χ4n) is 1.43. The molecule has 3 heteroatoms. The van der Waals surface area contributed by atoms with E-state index in [0.717, 1.165) is 15.0 Å². The van der Waals surface area contributed by atoms with Gasteiger partial charge in [0.05, 0.1) is 5.56 Å². The quantitative estimate of drug-likeness (QED) is 0.754. The van der Waals surface area contributed by atoms with Crippen LogP contribution in [-0.4, -0.2) is 11.1 Å². The molecule has 66 valence electrons. The largest absolute Gasteiger partial charge is 0.478 e. The maximum Gasteiger partial charge on any atom is 0.337 e. The van der Waals surface area contributed by atoms with Crippen LogP contribution >= 0.6 is 11.3 Å². The molecule has 0 saturated heterocycles. The van der Waals surface area contributed by atoms with Gasteiger partial charge in [0, 0.05) is 15.0 Å². The lowest BCUT2D eigenvalue weighted by atomic mass is 10.1. The molecule has 2 aromatic rings. The minimum atomic E-state index is -0.838. The Morgan fingerprint density at radius 1 is 1.38 bits per heavy atom. The third-order valence-electron chi connectivity index (χ3n) is 1.99. The van der Waals surface area contributed by atoms with Gasteiger partial charge in [0.25, 0.3) is 0 Å². The number of carboxylic acids is 1. The molecule has 1 aromatic heterocycles. The fourth-order valence-corrected chi connectivity index (χ4v) is 2.49. The Balaban J connectivity index is 2.86. The second kappa shape index (κ2) is 2.85. The van der Waals surface area contributed by atoms with Gasteiger partial charge in [-0.15, -0.1) is 11.3 Å². The summed E-state index contributed by atoms with van der Waals surface area (Å²) >= 11 is 1.53. The first-order valence-electron chi connectivity index (χ1n) is 3.91. The second-order valence-electron chi connectivity index (χ2n) is 2.83. The van der Waals surface area contributed by atoms with Crippen molar-refractivity contribution < 1.29 is 9.90 Å². The first-order valence-corrected chi connectivity index (χ1v) is 4.73. The summed E-state index contributed by atoms with van der Waals surface area (Å²) in [5.41, 5.74) is 0.445. The normalized spacial score (nSPS) is 10.5. The van der Waals surface area contributed by atoms with E-state index in [-0.39, 0.29) is 0 Å². The summed E-state index contributed by atoms with van der Waals surface area (Å²) in [6, 6.07) is 7.58. The molecule has 13 heavy (non-hydrogen) atoms. The van der Waals surface area contributed by atoms with Crippen LogP contribution in [0.1, 0.15) is 15.2 Å². The van der Waals surface area contributed by atoms with E-state index in [1.54, 1.807) is 0 Å². The molecular weight excluding hydrogens is 184 g/mol. The van der Waals surface area contributed by atoms with Gasteiger partial charge in [-0.1, -0.05) is 18.2 Å². The average molecular weight is 192 g/mol. The molecule has 0 bridgehead atoms. The van der Waals surface area contributed by atoms with Crippen LogP contribution < -0.4 is 0 Å². The minimum absolute atomic E-state index is 0.445. The lowest BCUT2D eigenvalue weighted by Gasteiger charge is -1.92. The van der Waals surface area contributed by atoms with Gasteiger partial charge >= 0.3 is 5.97 Å². The standard InChI is InChI=1S/C10H8O2S/c1-6-9(10(11)12)7-4-2-3-5-8(7)13-6/h2-5H,1H3,(H,11,12). The molecule has 0 aliphatic heterocycles. The molecule has 0 spiro atoms. The minimum Gasteiger partial charge on any atom is -0.478 e. The highest BCUT2D eigenvalue weighted by Gasteiger charge is 2.13. The third-order valence-corrected chi connectivity index (χ3v) is 3.07. The molecule has 0 radical (unpaired) electrons.